The van der Waals surface area contributed by atoms with Crippen molar-refractivity contribution in [2.45, 2.75) is 13.0 Å². The van der Waals surface area contributed by atoms with Gasteiger partial charge in [-0.1, -0.05) is 45.2 Å². The van der Waals surface area contributed by atoms with E-state index in [-0.39, 0.29) is 11.9 Å². The lowest BCUT2D eigenvalue weighted by Gasteiger charge is -2.20. The van der Waals surface area contributed by atoms with Gasteiger partial charge in [0.2, 0.25) is 0 Å². The molecule has 0 saturated carbocycles. The summed E-state index contributed by atoms with van der Waals surface area (Å²) in [4.78, 5) is 0. The first-order chi connectivity index (χ1) is 9.02. The molecule has 0 amide bonds. The molecule has 19 heavy (non-hydrogen) atoms. The molecular formula is C14H13BrClFN2. The topological polar surface area (TPSA) is 38.0 Å². The van der Waals surface area contributed by atoms with Crippen molar-refractivity contribution in [2.24, 2.45) is 5.84 Å². The maximum Gasteiger partial charge on any atom is 0.123 e. The Labute approximate surface area is 124 Å². The number of hydrogen-bond acceptors (Lipinski definition) is 2. The van der Waals surface area contributed by atoms with E-state index >= 15 is 0 Å². The van der Waals surface area contributed by atoms with Crippen LogP contribution in [0.25, 0.3) is 0 Å². The first-order valence-corrected chi connectivity index (χ1v) is 6.87. The first-order valence-electron chi connectivity index (χ1n) is 5.70. The lowest BCUT2D eigenvalue weighted by atomic mass is 9.98. The molecule has 0 aliphatic carbocycles. The summed E-state index contributed by atoms with van der Waals surface area (Å²) in [6, 6.07) is 9.76. The number of benzene rings is 2. The summed E-state index contributed by atoms with van der Waals surface area (Å²) in [5.74, 6) is 5.28. The Balaban J connectivity index is 2.55. The van der Waals surface area contributed by atoms with Crippen LogP contribution in [0.3, 0.4) is 0 Å². The van der Waals surface area contributed by atoms with Crippen LogP contribution in [0.5, 0.6) is 0 Å². The molecule has 1 unspecified atom stereocenters. The highest BCUT2D eigenvalue weighted by Gasteiger charge is 2.19. The molecule has 0 bridgehead atoms. The number of aryl methyl sites for hydroxylation is 1. The second-order valence-electron chi connectivity index (χ2n) is 4.29. The third-order valence-electron chi connectivity index (χ3n) is 2.90. The van der Waals surface area contributed by atoms with Crippen LogP contribution in [0.2, 0.25) is 5.02 Å². The quantitative estimate of drug-likeness (QED) is 0.650. The Morgan fingerprint density at radius 3 is 2.63 bits per heavy atom. The Bertz CT molecular complexity index is 552. The fourth-order valence-electron chi connectivity index (χ4n) is 1.97. The van der Waals surface area contributed by atoms with Crippen molar-refractivity contribution in [3.05, 3.63) is 68.4 Å². The van der Waals surface area contributed by atoms with Crippen LogP contribution in [0.15, 0.2) is 40.9 Å². The van der Waals surface area contributed by atoms with Crippen LogP contribution in [-0.2, 0) is 0 Å². The standard InChI is InChI=1S/C14H13BrClFN2/c1-8-2-4-12(15)10(6-8)14(19-18)11-7-9(17)3-5-13(11)16/h2-7,14,19H,18H2,1H3. The van der Waals surface area contributed by atoms with Crippen LogP contribution in [0, 0.1) is 12.7 Å². The molecule has 2 aromatic rings. The van der Waals surface area contributed by atoms with Crippen molar-refractivity contribution >= 4 is 27.5 Å². The predicted octanol–water partition coefficient (Wildman–Crippen LogP) is 4.10. The van der Waals surface area contributed by atoms with Crippen molar-refractivity contribution in [1.82, 2.24) is 5.43 Å². The molecule has 0 aliphatic heterocycles. The number of rotatable bonds is 3. The smallest absolute Gasteiger partial charge is 0.123 e. The molecule has 0 heterocycles. The van der Waals surface area contributed by atoms with E-state index in [1.807, 2.05) is 25.1 Å². The molecule has 0 aromatic heterocycles. The molecule has 2 nitrogen and oxygen atoms in total. The highest BCUT2D eigenvalue weighted by Crippen LogP contribution is 2.33. The zero-order chi connectivity index (χ0) is 14.0. The third-order valence-corrected chi connectivity index (χ3v) is 3.96. The van der Waals surface area contributed by atoms with Gasteiger partial charge in [0.1, 0.15) is 5.82 Å². The van der Waals surface area contributed by atoms with Crippen LogP contribution < -0.4 is 11.3 Å². The van der Waals surface area contributed by atoms with Crippen LogP contribution >= 0.6 is 27.5 Å². The summed E-state index contributed by atoms with van der Waals surface area (Å²) < 4.78 is 14.3. The molecule has 0 saturated heterocycles. The Kier molecular flexibility index (Phi) is 4.58. The predicted molar refractivity (Wildman–Crippen MR) is 79.5 cm³/mol. The molecule has 2 rings (SSSR count). The first kappa shape index (κ1) is 14.5. The summed E-state index contributed by atoms with van der Waals surface area (Å²) in [6.07, 6.45) is 0. The van der Waals surface area contributed by atoms with Crippen molar-refractivity contribution in [3.63, 3.8) is 0 Å². The van der Waals surface area contributed by atoms with Gasteiger partial charge in [0.15, 0.2) is 0 Å². The van der Waals surface area contributed by atoms with E-state index in [0.717, 1.165) is 15.6 Å². The van der Waals surface area contributed by atoms with E-state index in [2.05, 4.69) is 21.4 Å². The summed E-state index contributed by atoms with van der Waals surface area (Å²) in [6.45, 7) is 1.98. The lowest BCUT2D eigenvalue weighted by Crippen LogP contribution is -2.29. The van der Waals surface area contributed by atoms with Crippen molar-refractivity contribution < 1.29 is 4.39 Å². The minimum absolute atomic E-state index is 0.344. The second-order valence-corrected chi connectivity index (χ2v) is 5.55. The van der Waals surface area contributed by atoms with E-state index < -0.39 is 0 Å². The molecule has 0 spiro atoms. The second kappa shape index (κ2) is 6.01. The van der Waals surface area contributed by atoms with E-state index in [0.29, 0.717) is 10.6 Å². The van der Waals surface area contributed by atoms with Crippen molar-refractivity contribution in [3.8, 4) is 0 Å². The van der Waals surface area contributed by atoms with E-state index in [4.69, 9.17) is 17.4 Å². The summed E-state index contributed by atoms with van der Waals surface area (Å²) in [7, 11) is 0. The zero-order valence-electron chi connectivity index (χ0n) is 10.3. The SMILES string of the molecule is Cc1ccc(Br)c(C(NN)c2cc(F)ccc2Cl)c1. The number of hydrazine groups is 1. The number of hydrogen-bond donors (Lipinski definition) is 2. The number of nitrogens with one attached hydrogen (secondary N) is 1. The molecule has 5 heteroatoms. The van der Waals surface area contributed by atoms with Gasteiger partial charge in [0, 0.05) is 9.50 Å². The summed E-state index contributed by atoms with van der Waals surface area (Å²) in [5.41, 5.74) is 5.30. The lowest BCUT2D eigenvalue weighted by molar-refractivity contribution is 0.604. The zero-order valence-corrected chi connectivity index (χ0v) is 12.6. The number of halogens is 3. The van der Waals surface area contributed by atoms with Crippen LogP contribution in [0.4, 0.5) is 4.39 Å². The summed E-state index contributed by atoms with van der Waals surface area (Å²) >= 11 is 9.61. The van der Waals surface area contributed by atoms with Gasteiger partial charge < -0.3 is 0 Å². The molecule has 100 valence electrons. The van der Waals surface area contributed by atoms with Gasteiger partial charge in [0.05, 0.1) is 6.04 Å². The Hall–Kier alpha value is -0.940. The molecule has 3 N–H and O–H groups in total. The molecule has 2 aromatic carbocycles. The van der Waals surface area contributed by atoms with E-state index in [1.54, 1.807) is 0 Å². The summed E-state index contributed by atoms with van der Waals surface area (Å²) in [5, 5.41) is 0.470. The number of nitrogens with two attached hydrogens (primary N) is 1. The maximum atomic E-state index is 13.4. The molecule has 0 radical (unpaired) electrons. The molecule has 0 fully saturated rings. The largest absolute Gasteiger partial charge is 0.271 e. The monoisotopic (exact) mass is 342 g/mol. The van der Waals surface area contributed by atoms with E-state index in [1.165, 1.54) is 18.2 Å². The molecule has 0 aliphatic rings. The van der Waals surface area contributed by atoms with Crippen LogP contribution in [-0.4, -0.2) is 0 Å². The van der Waals surface area contributed by atoms with Gasteiger partial charge in [-0.05, 0) is 42.3 Å². The molecular weight excluding hydrogens is 331 g/mol. The molecule has 1 atom stereocenters. The maximum absolute atomic E-state index is 13.4. The van der Waals surface area contributed by atoms with Gasteiger partial charge in [-0.3, -0.25) is 5.84 Å². The fraction of sp³-hybridized carbons (Fsp3) is 0.143. The van der Waals surface area contributed by atoms with E-state index in [9.17, 15) is 4.39 Å². The van der Waals surface area contributed by atoms with Crippen LogP contribution in [0.1, 0.15) is 22.7 Å². The minimum Gasteiger partial charge on any atom is -0.271 e. The Morgan fingerprint density at radius 2 is 1.95 bits per heavy atom. The van der Waals surface area contributed by atoms with Gasteiger partial charge in [-0.25, -0.2) is 9.82 Å². The fourth-order valence-corrected chi connectivity index (χ4v) is 2.67. The third kappa shape index (κ3) is 3.15. The average molecular weight is 344 g/mol. The van der Waals surface area contributed by atoms with Crippen molar-refractivity contribution in [2.75, 3.05) is 0 Å². The van der Waals surface area contributed by atoms with Gasteiger partial charge in [-0.15, -0.1) is 0 Å². The highest BCUT2D eigenvalue weighted by molar-refractivity contribution is 9.10. The Morgan fingerprint density at radius 1 is 1.21 bits per heavy atom. The highest BCUT2D eigenvalue weighted by atomic mass is 79.9. The minimum atomic E-state index is -0.377. The average Bonchev–Trinajstić information content (AvgIpc) is 2.38. The normalized spacial score (nSPS) is 12.5. The van der Waals surface area contributed by atoms with Gasteiger partial charge >= 0.3 is 0 Å². The van der Waals surface area contributed by atoms with Gasteiger partial charge in [0.25, 0.3) is 0 Å². The van der Waals surface area contributed by atoms with Gasteiger partial charge in [-0.2, -0.15) is 0 Å². The van der Waals surface area contributed by atoms with Crippen molar-refractivity contribution in [1.29, 1.82) is 0 Å².